The van der Waals surface area contributed by atoms with Crippen LogP contribution in [0.25, 0.3) is 0 Å². The van der Waals surface area contributed by atoms with Gasteiger partial charge in [0.25, 0.3) is 0 Å². The van der Waals surface area contributed by atoms with Gasteiger partial charge >= 0.3 is 0 Å². The van der Waals surface area contributed by atoms with E-state index in [0.29, 0.717) is 11.2 Å². The normalized spacial score (nSPS) is 11.3. The molecule has 0 spiro atoms. The van der Waals surface area contributed by atoms with Crippen LogP contribution in [0.4, 0.5) is 0 Å². The molecule has 0 N–H and O–H groups in total. The Balaban J connectivity index is 2.54. The van der Waals surface area contributed by atoms with Gasteiger partial charge in [-0.05, 0) is 24.4 Å². The maximum atomic E-state index is 5.96. The van der Waals surface area contributed by atoms with Gasteiger partial charge < -0.3 is 9.30 Å². The molecule has 0 unspecified atom stereocenters. The first kappa shape index (κ1) is 12.5. The highest BCUT2D eigenvalue weighted by Gasteiger charge is 2.12. The molecule has 0 fully saturated rings. The van der Waals surface area contributed by atoms with Gasteiger partial charge in [0.05, 0.1) is 0 Å². The lowest BCUT2D eigenvalue weighted by Gasteiger charge is -2.09. The lowest BCUT2D eigenvalue weighted by molar-refractivity contribution is 0.191. The zero-order valence-corrected chi connectivity index (χ0v) is 10.3. The lowest BCUT2D eigenvalue weighted by Crippen LogP contribution is -2.06. The van der Waals surface area contributed by atoms with Crippen molar-refractivity contribution in [1.29, 1.82) is 0 Å². The number of nitrogens with zero attached hydrogens (tertiary/aromatic N) is 3. The summed E-state index contributed by atoms with van der Waals surface area (Å²) in [5.41, 5.74) is 0. The van der Waals surface area contributed by atoms with Gasteiger partial charge in [-0.1, -0.05) is 13.8 Å². The molecule has 0 aromatic carbocycles. The molecule has 1 rings (SSSR count). The van der Waals surface area contributed by atoms with Crippen LogP contribution in [0.1, 0.15) is 38.4 Å². The summed E-state index contributed by atoms with van der Waals surface area (Å²) in [6.07, 6.45) is 2.06. The highest BCUT2D eigenvalue weighted by atomic mass is 35.5. The molecule has 5 heteroatoms. The molecule has 0 aliphatic heterocycles. The number of methoxy groups -OCH3 is 1. The Morgan fingerprint density at radius 1 is 1.33 bits per heavy atom. The fourth-order valence-corrected chi connectivity index (χ4v) is 1.65. The lowest BCUT2D eigenvalue weighted by atomic mass is 10.2. The Hall–Kier alpha value is -0.610. The second-order valence-electron chi connectivity index (χ2n) is 3.83. The molecule has 1 aromatic heterocycles. The molecule has 0 atom stereocenters. The first-order chi connectivity index (χ1) is 7.16. The smallest absolute Gasteiger partial charge is 0.225 e. The highest BCUT2D eigenvalue weighted by Crippen LogP contribution is 2.17. The SMILES string of the molecule is COCCCCn1c(Cl)nnc1C(C)C. The topological polar surface area (TPSA) is 39.9 Å². The zero-order valence-electron chi connectivity index (χ0n) is 9.53. The summed E-state index contributed by atoms with van der Waals surface area (Å²) in [5, 5.41) is 8.43. The van der Waals surface area contributed by atoms with Crippen molar-refractivity contribution in [2.75, 3.05) is 13.7 Å². The minimum Gasteiger partial charge on any atom is -0.385 e. The van der Waals surface area contributed by atoms with Crippen molar-refractivity contribution >= 4 is 11.6 Å². The molecule has 4 nitrogen and oxygen atoms in total. The third-order valence-electron chi connectivity index (χ3n) is 2.23. The molecular weight excluding hydrogens is 214 g/mol. The first-order valence-electron chi connectivity index (χ1n) is 5.24. The van der Waals surface area contributed by atoms with Crippen molar-refractivity contribution in [2.45, 2.75) is 39.2 Å². The maximum absolute atomic E-state index is 5.96. The number of unbranched alkanes of at least 4 members (excludes halogenated alkanes) is 1. The maximum Gasteiger partial charge on any atom is 0.225 e. The molecule has 15 heavy (non-hydrogen) atoms. The molecule has 1 aromatic rings. The van der Waals surface area contributed by atoms with Crippen LogP contribution in [0, 0.1) is 0 Å². The van der Waals surface area contributed by atoms with Gasteiger partial charge in [0.2, 0.25) is 5.28 Å². The molecule has 86 valence electrons. The Labute approximate surface area is 95.6 Å². The summed E-state index contributed by atoms with van der Waals surface area (Å²) in [7, 11) is 1.71. The van der Waals surface area contributed by atoms with Crippen LogP contribution in [0.3, 0.4) is 0 Å². The van der Waals surface area contributed by atoms with Crippen LogP contribution >= 0.6 is 11.6 Å². The molecule has 0 saturated carbocycles. The van der Waals surface area contributed by atoms with Crippen LogP contribution in [0.15, 0.2) is 0 Å². The summed E-state index contributed by atoms with van der Waals surface area (Å²) in [4.78, 5) is 0. The minimum atomic E-state index is 0.354. The van der Waals surface area contributed by atoms with Crippen molar-refractivity contribution in [2.24, 2.45) is 0 Å². The molecule has 1 heterocycles. The number of aromatic nitrogens is 3. The quantitative estimate of drug-likeness (QED) is 0.707. The van der Waals surface area contributed by atoms with Gasteiger partial charge in [0.15, 0.2) is 0 Å². The van der Waals surface area contributed by atoms with Crippen molar-refractivity contribution in [3.63, 3.8) is 0 Å². The predicted octanol–water partition coefficient (Wildman–Crippen LogP) is 2.48. The highest BCUT2D eigenvalue weighted by molar-refractivity contribution is 6.28. The number of ether oxygens (including phenoxy) is 1. The third kappa shape index (κ3) is 3.47. The van der Waals surface area contributed by atoms with Crippen molar-refractivity contribution in [1.82, 2.24) is 14.8 Å². The van der Waals surface area contributed by atoms with E-state index in [4.69, 9.17) is 16.3 Å². The van der Waals surface area contributed by atoms with E-state index in [1.165, 1.54) is 0 Å². The van der Waals surface area contributed by atoms with Crippen LogP contribution in [0.2, 0.25) is 5.28 Å². The first-order valence-corrected chi connectivity index (χ1v) is 5.62. The van der Waals surface area contributed by atoms with E-state index in [0.717, 1.165) is 31.8 Å². The van der Waals surface area contributed by atoms with E-state index in [-0.39, 0.29) is 0 Å². The van der Waals surface area contributed by atoms with E-state index in [1.807, 2.05) is 4.57 Å². The number of rotatable bonds is 6. The fraction of sp³-hybridized carbons (Fsp3) is 0.800. The Morgan fingerprint density at radius 3 is 2.67 bits per heavy atom. The van der Waals surface area contributed by atoms with Crippen molar-refractivity contribution in [3.05, 3.63) is 11.1 Å². The number of halogens is 1. The van der Waals surface area contributed by atoms with Gasteiger partial charge in [-0.3, -0.25) is 0 Å². The van der Waals surface area contributed by atoms with E-state index < -0.39 is 0 Å². The Kier molecular flexibility index (Phi) is 5.05. The molecule has 0 bridgehead atoms. The molecule has 0 radical (unpaired) electrons. The summed E-state index contributed by atoms with van der Waals surface area (Å²) >= 11 is 5.96. The van der Waals surface area contributed by atoms with Crippen molar-refractivity contribution < 1.29 is 4.74 Å². The van der Waals surface area contributed by atoms with E-state index >= 15 is 0 Å². The zero-order chi connectivity index (χ0) is 11.3. The second kappa shape index (κ2) is 6.08. The second-order valence-corrected chi connectivity index (χ2v) is 4.17. The van der Waals surface area contributed by atoms with Crippen LogP contribution in [-0.4, -0.2) is 28.5 Å². The van der Waals surface area contributed by atoms with Gasteiger partial charge in [-0.2, -0.15) is 0 Å². The summed E-state index contributed by atoms with van der Waals surface area (Å²) < 4.78 is 6.97. The van der Waals surface area contributed by atoms with Crippen LogP contribution in [-0.2, 0) is 11.3 Å². The summed E-state index contributed by atoms with van der Waals surface area (Å²) in [5.74, 6) is 1.31. The van der Waals surface area contributed by atoms with Gasteiger partial charge in [-0.15, -0.1) is 10.2 Å². The largest absolute Gasteiger partial charge is 0.385 e. The summed E-state index contributed by atoms with van der Waals surface area (Å²) in [6.45, 7) is 5.83. The Morgan fingerprint density at radius 2 is 2.07 bits per heavy atom. The van der Waals surface area contributed by atoms with Crippen molar-refractivity contribution in [3.8, 4) is 0 Å². The van der Waals surface area contributed by atoms with E-state index in [9.17, 15) is 0 Å². The number of hydrogen-bond donors (Lipinski definition) is 0. The molecule has 0 aliphatic carbocycles. The van der Waals surface area contributed by atoms with Crippen LogP contribution < -0.4 is 0 Å². The third-order valence-corrected chi connectivity index (χ3v) is 2.51. The molecule has 0 saturated heterocycles. The Bertz CT molecular complexity index is 299. The molecule has 0 aliphatic rings. The average Bonchev–Trinajstić information content (AvgIpc) is 2.55. The molecule has 0 amide bonds. The standard InChI is InChI=1S/C10H18ClN3O/c1-8(2)9-12-13-10(11)14(9)6-4-5-7-15-3/h8H,4-7H2,1-3H3. The monoisotopic (exact) mass is 231 g/mol. The predicted molar refractivity (Wildman–Crippen MR) is 60.2 cm³/mol. The van der Waals surface area contributed by atoms with Crippen LogP contribution in [0.5, 0.6) is 0 Å². The summed E-state index contributed by atoms with van der Waals surface area (Å²) in [6, 6.07) is 0. The van der Waals surface area contributed by atoms with Gasteiger partial charge in [0, 0.05) is 26.2 Å². The molecular formula is C10H18ClN3O. The van der Waals surface area contributed by atoms with E-state index in [1.54, 1.807) is 7.11 Å². The average molecular weight is 232 g/mol. The fourth-order valence-electron chi connectivity index (χ4n) is 1.45. The van der Waals surface area contributed by atoms with E-state index in [2.05, 4.69) is 24.0 Å². The van der Waals surface area contributed by atoms with Gasteiger partial charge in [0.1, 0.15) is 5.82 Å². The van der Waals surface area contributed by atoms with Gasteiger partial charge in [-0.25, -0.2) is 0 Å². The number of hydrogen-bond acceptors (Lipinski definition) is 3. The minimum absolute atomic E-state index is 0.354.